The summed E-state index contributed by atoms with van der Waals surface area (Å²) in [5.74, 6) is -1.79. The third-order valence-electron chi connectivity index (χ3n) is 7.71. The van der Waals surface area contributed by atoms with Gasteiger partial charge in [0.2, 0.25) is 0 Å². The van der Waals surface area contributed by atoms with Gasteiger partial charge in [0.15, 0.2) is 0 Å². The van der Waals surface area contributed by atoms with E-state index in [9.17, 15) is 19.0 Å². The summed E-state index contributed by atoms with van der Waals surface area (Å²) in [4.78, 5) is 33.3. The van der Waals surface area contributed by atoms with Crippen molar-refractivity contribution in [1.82, 2.24) is 0 Å². The van der Waals surface area contributed by atoms with Crippen molar-refractivity contribution in [2.45, 2.75) is 167 Å². The number of carbonyl (C=O) groups excluding carboxylic acids is 1. The minimum Gasteiger partial charge on any atom is -0.480 e. The van der Waals surface area contributed by atoms with Gasteiger partial charge in [0.05, 0.1) is 19.8 Å². The molecule has 0 aliphatic heterocycles. The Balaban J connectivity index is 4.34. The number of phosphoric ester groups is 1. The first-order chi connectivity index (χ1) is 22.7. The fourth-order valence-electron chi connectivity index (χ4n) is 4.82. The van der Waals surface area contributed by atoms with Gasteiger partial charge in [0.1, 0.15) is 12.1 Å². The largest absolute Gasteiger partial charge is 0.480 e. The average molecular weight is 690 g/mol. The number of unbranched alkanes of at least 4 members (excludes halogenated alkanes) is 17. The predicted octanol–water partition coefficient (Wildman–Crippen LogP) is 9.19. The molecule has 47 heavy (non-hydrogen) atoms. The molecule has 0 bridgehead atoms. The highest BCUT2D eigenvalue weighted by Gasteiger charge is 2.27. The summed E-state index contributed by atoms with van der Waals surface area (Å²) < 4.78 is 33.1. The van der Waals surface area contributed by atoms with E-state index in [1.54, 1.807) is 0 Å². The van der Waals surface area contributed by atoms with Gasteiger partial charge in [-0.25, -0.2) is 4.57 Å². The molecule has 0 spiro atoms. The maximum Gasteiger partial charge on any atom is 0.472 e. The molecule has 0 saturated heterocycles. The standard InChI is InChI=1S/C36H68NO9P/c1-3-5-7-9-11-13-15-17-18-20-22-24-26-28-35(38)46-33(31-44-47(41,42)45-32-34(37)36(39)40)30-43-29-27-25-23-21-19-16-14-12-10-8-6-4-2/h7,9,13,15,33-34H,3-6,8,10-12,14,16-32,37H2,1-2H3,(H,39,40)(H,41,42)/b9-7-,15-13-. The van der Waals surface area contributed by atoms with Gasteiger partial charge in [-0.05, 0) is 38.5 Å². The second-order valence-electron chi connectivity index (χ2n) is 12.4. The molecule has 0 aromatic rings. The van der Waals surface area contributed by atoms with Crippen LogP contribution in [0, 0.1) is 0 Å². The van der Waals surface area contributed by atoms with Crippen LogP contribution in [-0.4, -0.2) is 60.5 Å². The Hall–Kier alpha value is -1.55. The van der Waals surface area contributed by atoms with Crippen molar-refractivity contribution in [2.24, 2.45) is 5.73 Å². The van der Waals surface area contributed by atoms with Crippen molar-refractivity contribution in [1.29, 1.82) is 0 Å². The zero-order chi connectivity index (χ0) is 34.9. The first-order valence-electron chi connectivity index (χ1n) is 18.4. The number of phosphoric acid groups is 1. The number of hydrogen-bond acceptors (Lipinski definition) is 8. The van der Waals surface area contributed by atoms with Crippen LogP contribution in [0.5, 0.6) is 0 Å². The maximum atomic E-state index is 12.5. The molecule has 0 saturated carbocycles. The fourth-order valence-corrected chi connectivity index (χ4v) is 5.59. The van der Waals surface area contributed by atoms with Gasteiger partial charge in [-0.15, -0.1) is 0 Å². The van der Waals surface area contributed by atoms with E-state index in [4.69, 9.17) is 24.8 Å². The molecule has 276 valence electrons. The zero-order valence-electron chi connectivity index (χ0n) is 29.6. The van der Waals surface area contributed by atoms with Crippen LogP contribution >= 0.6 is 7.82 Å². The summed E-state index contributed by atoms with van der Waals surface area (Å²) in [6, 6.07) is -1.47. The van der Waals surface area contributed by atoms with Gasteiger partial charge in [-0.1, -0.05) is 134 Å². The molecule has 0 aliphatic carbocycles. The number of carboxylic acids is 1. The van der Waals surface area contributed by atoms with E-state index < -0.39 is 45.1 Å². The third-order valence-corrected chi connectivity index (χ3v) is 8.67. The minimum absolute atomic E-state index is 0.0142. The van der Waals surface area contributed by atoms with E-state index in [-0.39, 0.29) is 13.0 Å². The van der Waals surface area contributed by atoms with Crippen molar-refractivity contribution in [3.8, 4) is 0 Å². The number of carbonyl (C=O) groups is 2. The van der Waals surface area contributed by atoms with Crippen LogP contribution in [0.4, 0.5) is 0 Å². The van der Waals surface area contributed by atoms with E-state index in [0.29, 0.717) is 13.0 Å². The summed E-state index contributed by atoms with van der Waals surface area (Å²) in [7, 11) is -4.61. The van der Waals surface area contributed by atoms with Gasteiger partial charge in [0, 0.05) is 13.0 Å². The number of carboxylic acid groups (broad SMARTS) is 1. The van der Waals surface area contributed by atoms with Crippen molar-refractivity contribution >= 4 is 19.8 Å². The van der Waals surface area contributed by atoms with E-state index in [2.05, 4.69) is 42.7 Å². The van der Waals surface area contributed by atoms with E-state index in [1.165, 1.54) is 64.2 Å². The van der Waals surface area contributed by atoms with Crippen LogP contribution < -0.4 is 5.73 Å². The second-order valence-corrected chi connectivity index (χ2v) is 13.8. The SMILES string of the molecule is CCC/C=C\C/C=C\CCCCCCCC(=O)OC(COCCCCCCCCCCCCCC)COP(=O)(O)OCC(N)C(=O)O. The van der Waals surface area contributed by atoms with Gasteiger partial charge in [-0.2, -0.15) is 0 Å². The van der Waals surface area contributed by atoms with E-state index >= 15 is 0 Å². The summed E-state index contributed by atoms with van der Waals surface area (Å²) in [6.45, 7) is 3.78. The number of rotatable bonds is 35. The van der Waals surface area contributed by atoms with Crippen LogP contribution in [0.15, 0.2) is 24.3 Å². The van der Waals surface area contributed by atoms with Crippen molar-refractivity contribution in [3.05, 3.63) is 24.3 Å². The number of ether oxygens (including phenoxy) is 2. The van der Waals surface area contributed by atoms with Gasteiger partial charge in [0.25, 0.3) is 0 Å². The molecule has 10 nitrogen and oxygen atoms in total. The lowest BCUT2D eigenvalue weighted by molar-refractivity contribution is -0.154. The first kappa shape index (κ1) is 45.5. The van der Waals surface area contributed by atoms with E-state index in [0.717, 1.165) is 64.2 Å². The summed E-state index contributed by atoms with van der Waals surface area (Å²) in [5, 5.41) is 8.85. The smallest absolute Gasteiger partial charge is 0.472 e. The normalized spacial score (nSPS) is 14.5. The van der Waals surface area contributed by atoms with E-state index in [1.807, 2.05) is 0 Å². The highest BCUT2D eigenvalue weighted by atomic mass is 31.2. The van der Waals surface area contributed by atoms with Crippen LogP contribution in [0.1, 0.15) is 155 Å². The fraction of sp³-hybridized carbons (Fsp3) is 0.833. The number of allylic oxidation sites excluding steroid dienone is 4. The molecule has 0 amide bonds. The van der Waals surface area contributed by atoms with Gasteiger partial charge >= 0.3 is 19.8 Å². The molecular weight excluding hydrogens is 621 g/mol. The molecule has 0 fully saturated rings. The number of hydrogen-bond donors (Lipinski definition) is 3. The molecule has 11 heteroatoms. The topological polar surface area (TPSA) is 155 Å². The molecule has 0 aromatic heterocycles. The van der Waals surface area contributed by atoms with Gasteiger partial charge < -0.3 is 25.2 Å². The summed E-state index contributed by atoms with van der Waals surface area (Å²) in [6.07, 6.45) is 32.3. The number of nitrogens with two attached hydrogens (primary N) is 1. The third kappa shape index (κ3) is 32.8. The summed E-state index contributed by atoms with van der Waals surface area (Å²) in [5.41, 5.74) is 5.33. The lowest BCUT2D eigenvalue weighted by atomic mass is 10.1. The maximum absolute atomic E-state index is 12.5. The molecule has 0 aliphatic rings. The highest BCUT2D eigenvalue weighted by Crippen LogP contribution is 2.43. The molecule has 3 unspecified atom stereocenters. The summed E-state index contributed by atoms with van der Waals surface area (Å²) >= 11 is 0. The monoisotopic (exact) mass is 689 g/mol. The number of esters is 1. The molecule has 0 rings (SSSR count). The Morgan fingerprint density at radius 3 is 1.81 bits per heavy atom. The van der Waals surface area contributed by atoms with Crippen LogP contribution in [0.25, 0.3) is 0 Å². The molecule has 0 aromatic carbocycles. The van der Waals surface area contributed by atoms with Crippen LogP contribution in [0.2, 0.25) is 0 Å². The van der Waals surface area contributed by atoms with Crippen molar-refractivity contribution in [3.63, 3.8) is 0 Å². The lowest BCUT2D eigenvalue weighted by Gasteiger charge is -2.20. The molecule has 0 radical (unpaired) electrons. The van der Waals surface area contributed by atoms with Crippen molar-refractivity contribution in [2.75, 3.05) is 26.4 Å². The molecule has 0 heterocycles. The second kappa shape index (κ2) is 33.0. The Kier molecular flexibility index (Phi) is 31.9. The first-order valence-corrected chi connectivity index (χ1v) is 19.9. The molecular formula is C36H68NO9P. The van der Waals surface area contributed by atoms with Crippen LogP contribution in [-0.2, 0) is 32.7 Å². The quantitative estimate of drug-likeness (QED) is 0.0254. The zero-order valence-corrected chi connectivity index (χ0v) is 30.5. The highest BCUT2D eigenvalue weighted by molar-refractivity contribution is 7.47. The Morgan fingerprint density at radius 2 is 1.21 bits per heavy atom. The molecule has 4 N–H and O–H groups in total. The Morgan fingerprint density at radius 1 is 0.681 bits per heavy atom. The predicted molar refractivity (Wildman–Crippen MR) is 189 cm³/mol. The van der Waals surface area contributed by atoms with Crippen LogP contribution in [0.3, 0.4) is 0 Å². The molecule has 3 atom stereocenters. The minimum atomic E-state index is -4.61. The Labute approximate surface area is 285 Å². The average Bonchev–Trinajstić information content (AvgIpc) is 3.04. The number of aliphatic carboxylic acids is 1. The lowest BCUT2D eigenvalue weighted by Crippen LogP contribution is -2.34. The van der Waals surface area contributed by atoms with Gasteiger partial charge in [-0.3, -0.25) is 18.6 Å². The van der Waals surface area contributed by atoms with Crippen molar-refractivity contribution < 1.29 is 42.7 Å². The Bertz CT molecular complexity index is 852.